The van der Waals surface area contributed by atoms with E-state index >= 15 is 0 Å². The van der Waals surface area contributed by atoms with Crippen LogP contribution in [0.5, 0.6) is 0 Å². The van der Waals surface area contributed by atoms with Gasteiger partial charge in [-0.2, -0.15) is 5.10 Å². The van der Waals surface area contributed by atoms with Crippen molar-refractivity contribution in [2.24, 2.45) is 7.05 Å². The van der Waals surface area contributed by atoms with Crippen LogP contribution in [0.4, 0.5) is 5.13 Å². The molecule has 0 N–H and O–H groups in total. The average Bonchev–Trinajstić information content (AvgIpc) is 3.30. The van der Waals surface area contributed by atoms with Crippen molar-refractivity contribution in [1.82, 2.24) is 19.7 Å². The fraction of sp³-hybridized carbons (Fsp3) is 0.476. The van der Waals surface area contributed by atoms with Gasteiger partial charge < -0.3 is 9.80 Å². The molecule has 1 aliphatic heterocycles. The molecular weight excluding hydrogens is 370 g/mol. The minimum atomic E-state index is 0.00900. The monoisotopic (exact) mass is 397 g/mol. The molecule has 0 bridgehead atoms. The summed E-state index contributed by atoms with van der Waals surface area (Å²) < 4.78 is 3.01. The molecule has 2 aromatic heterocycles. The molecule has 1 aliphatic rings. The van der Waals surface area contributed by atoms with E-state index in [-0.39, 0.29) is 11.9 Å². The number of aromatic nitrogens is 3. The van der Waals surface area contributed by atoms with Crippen LogP contribution >= 0.6 is 11.3 Å². The molecule has 3 heterocycles. The third kappa shape index (κ3) is 3.39. The predicted molar refractivity (Wildman–Crippen MR) is 114 cm³/mol. The van der Waals surface area contributed by atoms with Gasteiger partial charge in [0.25, 0.3) is 5.91 Å². The second-order valence-corrected chi connectivity index (χ2v) is 8.55. The summed E-state index contributed by atoms with van der Waals surface area (Å²) in [6, 6.07) is 8.55. The number of fused-ring (bicyclic) bond motifs is 1. The molecule has 3 aromatic rings. The molecule has 1 saturated heterocycles. The van der Waals surface area contributed by atoms with Gasteiger partial charge in [-0.15, -0.1) is 0 Å². The van der Waals surface area contributed by atoms with Crippen LogP contribution in [0.25, 0.3) is 10.2 Å². The zero-order valence-electron chi connectivity index (χ0n) is 17.0. The van der Waals surface area contributed by atoms with E-state index in [4.69, 9.17) is 4.98 Å². The van der Waals surface area contributed by atoms with Gasteiger partial charge in [0.15, 0.2) is 10.8 Å². The highest BCUT2D eigenvalue weighted by atomic mass is 32.1. The zero-order chi connectivity index (χ0) is 19.8. The molecule has 148 valence electrons. The number of nitrogens with zero attached hydrogens (tertiary/aromatic N) is 5. The van der Waals surface area contributed by atoms with Crippen molar-refractivity contribution in [3.8, 4) is 0 Å². The lowest BCUT2D eigenvalue weighted by molar-refractivity contribution is 0.0702. The van der Waals surface area contributed by atoms with E-state index in [0.717, 1.165) is 48.7 Å². The molecule has 0 spiro atoms. The number of aryl methyl sites for hydroxylation is 3. The smallest absolute Gasteiger partial charge is 0.274 e. The zero-order valence-corrected chi connectivity index (χ0v) is 17.8. The third-order valence-corrected chi connectivity index (χ3v) is 6.89. The van der Waals surface area contributed by atoms with Gasteiger partial charge in [0.2, 0.25) is 0 Å². The van der Waals surface area contributed by atoms with E-state index in [0.29, 0.717) is 5.69 Å². The maximum atomic E-state index is 12.8. The minimum absolute atomic E-state index is 0.00900. The van der Waals surface area contributed by atoms with Crippen LogP contribution in [0.15, 0.2) is 24.3 Å². The molecule has 7 heteroatoms. The average molecular weight is 398 g/mol. The first-order valence-corrected chi connectivity index (χ1v) is 10.7. The fourth-order valence-electron chi connectivity index (χ4n) is 3.87. The van der Waals surface area contributed by atoms with Gasteiger partial charge in [0.05, 0.1) is 10.2 Å². The molecule has 0 aliphatic carbocycles. The molecule has 1 fully saturated rings. The van der Waals surface area contributed by atoms with Crippen LogP contribution in [0.2, 0.25) is 0 Å². The van der Waals surface area contributed by atoms with Crippen molar-refractivity contribution >= 4 is 32.6 Å². The van der Waals surface area contributed by atoms with Crippen LogP contribution in [0, 0.1) is 6.92 Å². The first-order chi connectivity index (χ1) is 13.5. The van der Waals surface area contributed by atoms with Crippen molar-refractivity contribution in [1.29, 1.82) is 0 Å². The van der Waals surface area contributed by atoms with E-state index in [1.807, 2.05) is 32.0 Å². The van der Waals surface area contributed by atoms with Crippen molar-refractivity contribution in [3.05, 3.63) is 41.2 Å². The minimum Gasteiger partial charge on any atom is -0.348 e. The number of rotatable bonds is 4. The SMILES string of the molecule is CCc1cccc2sc(N3CCC(N(C)C(=O)c4cc(C)n(C)n4)CC3)nc12. The largest absolute Gasteiger partial charge is 0.348 e. The summed E-state index contributed by atoms with van der Waals surface area (Å²) in [6.45, 7) is 5.98. The van der Waals surface area contributed by atoms with Crippen LogP contribution in [0.3, 0.4) is 0 Å². The molecule has 6 nitrogen and oxygen atoms in total. The Morgan fingerprint density at radius 2 is 2.07 bits per heavy atom. The van der Waals surface area contributed by atoms with E-state index in [9.17, 15) is 4.79 Å². The number of benzene rings is 1. The normalized spacial score (nSPS) is 15.4. The van der Waals surface area contributed by atoms with E-state index in [1.165, 1.54) is 10.3 Å². The Kier molecular flexibility index (Phi) is 5.10. The number of para-hydroxylation sites is 1. The number of piperidine rings is 1. The van der Waals surface area contributed by atoms with Gasteiger partial charge >= 0.3 is 0 Å². The van der Waals surface area contributed by atoms with Gasteiger partial charge in [0, 0.05) is 38.9 Å². The second-order valence-electron chi connectivity index (χ2n) is 7.54. The van der Waals surface area contributed by atoms with Gasteiger partial charge in [-0.3, -0.25) is 9.48 Å². The maximum absolute atomic E-state index is 12.8. The number of thiazole rings is 1. The maximum Gasteiger partial charge on any atom is 0.274 e. The molecule has 1 amide bonds. The number of amides is 1. The Bertz CT molecular complexity index is 980. The first kappa shape index (κ1) is 18.9. The van der Waals surface area contributed by atoms with E-state index in [1.54, 1.807) is 16.0 Å². The molecule has 0 saturated carbocycles. The molecular formula is C21H27N5OS. The standard InChI is InChI=1S/C21H27N5OS/c1-5-15-7-6-8-18-19(15)22-21(28-18)26-11-9-16(10-12-26)24(3)20(27)17-13-14(2)25(4)23-17/h6-8,13,16H,5,9-12H2,1-4H3. The van der Waals surface area contributed by atoms with Crippen molar-refractivity contribution in [2.45, 2.75) is 39.2 Å². The number of carbonyl (C=O) groups excluding carboxylic acids is 1. The van der Waals surface area contributed by atoms with Gasteiger partial charge in [-0.1, -0.05) is 30.4 Å². The number of carbonyl (C=O) groups is 1. The third-order valence-electron chi connectivity index (χ3n) is 5.81. The van der Waals surface area contributed by atoms with Gasteiger partial charge in [0.1, 0.15) is 0 Å². The van der Waals surface area contributed by atoms with Crippen LogP contribution in [0.1, 0.15) is 41.5 Å². The summed E-state index contributed by atoms with van der Waals surface area (Å²) in [7, 11) is 3.77. The molecule has 0 atom stereocenters. The predicted octanol–water partition coefficient (Wildman–Crippen LogP) is 3.64. The fourth-order valence-corrected chi connectivity index (χ4v) is 4.94. The number of hydrogen-bond donors (Lipinski definition) is 0. The number of hydrogen-bond acceptors (Lipinski definition) is 5. The Hall–Kier alpha value is -2.41. The summed E-state index contributed by atoms with van der Waals surface area (Å²) in [5.41, 5.74) is 3.98. The Morgan fingerprint density at radius 1 is 1.32 bits per heavy atom. The highest BCUT2D eigenvalue weighted by molar-refractivity contribution is 7.22. The first-order valence-electron chi connectivity index (χ1n) is 9.89. The highest BCUT2D eigenvalue weighted by Crippen LogP contribution is 2.33. The highest BCUT2D eigenvalue weighted by Gasteiger charge is 2.28. The van der Waals surface area contributed by atoms with E-state index < -0.39 is 0 Å². The van der Waals surface area contributed by atoms with Crippen molar-refractivity contribution in [3.63, 3.8) is 0 Å². The van der Waals surface area contributed by atoms with E-state index in [2.05, 4.69) is 35.1 Å². The lowest BCUT2D eigenvalue weighted by Gasteiger charge is -2.36. The lowest BCUT2D eigenvalue weighted by atomic mass is 10.0. The quantitative estimate of drug-likeness (QED) is 0.674. The Balaban J connectivity index is 1.43. The van der Waals surface area contributed by atoms with Gasteiger partial charge in [-0.05, 0) is 43.9 Å². The van der Waals surface area contributed by atoms with Crippen LogP contribution < -0.4 is 4.90 Å². The van der Waals surface area contributed by atoms with Crippen molar-refractivity contribution in [2.75, 3.05) is 25.0 Å². The van der Waals surface area contributed by atoms with Crippen LogP contribution in [-0.4, -0.2) is 51.8 Å². The number of anilines is 1. The second kappa shape index (κ2) is 7.54. The summed E-state index contributed by atoms with van der Waals surface area (Å²) in [4.78, 5) is 21.9. The Morgan fingerprint density at radius 3 is 2.71 bits per heavy atom. The molecule has 4 rings (SSSR count). The lowest BCUT2D eigenvalue weighted by Crippen LogP contribution is -2.45. The molecule has 28 heavy (non-hydrogen) atoms. The molecule has 0 unspecified atom stereocenters. The topological polar surface area (TPSA) is 54.3 Å². The summed E-state index contributed by atoms with van der Waals surface area (Å²) in [5.74, 6) is 0.00900. The summed E-state index contributed by atoms with van der Waals surface area (Å²) in [6.07, 6.45) is 2.90. The summed E-state index contributed by atoms with van der Waals surface area (Å²) in [5, 5.41) is 5.44. The molecule has 0 radical (unpaired) electrons. The van der Waals surface area contributed by atoms with Crippen molar-refractivity contribution < 1.29 is 4.79 Å². The summed E-state index contributed by atoms with van der Waals surface area (Å²) >= 11 is 1.77. The van der Waals surface area contributed by atoms with Gasteiger partial charge in [-0.25, -0.2) is 4.98 Å². The van der Waals surface area contributed by atoms with Crippen LogP contribution in [-0.2, 0) is 13.5 Å². The Labute approximate surface area is 169 Å². The molecule has 1 aromatic carbocycles.